The van der Waals surface area contributed by atoms with Gasteiger partial charge in [0.25, 0.3) is 0 Å². The fourth-order valence-electron chi connectivity index (χ4n) is 0. The van der Waals surface area contributed by atoms with Gasteiger partial charge in [0.1, 0.15) is 0 Å². The van der Waals surface area contributed by atoms with E-state index < -0.39 is 0 Å². The number of rotatable bonds is 1. The van der Waals surface area contributed by atoms with Gasteiger partial charge in [0.2, 0.25) is 0 Å². The predicted octanol–water partition coefficient (Wildman–Crippen LogP) is 1.29. The van der Waals surface area contributed by atoms with E-state index in [0.29, 0.717) is 4.95 Å². The summed E-state index contributed by atoms with van der Waals surface area (Å²) in [4.78, 5) is 2.58. The van der Waals surface area contributed by atoms with Gasteiger partial charge in [0.05, 0.1) is 4.95 Å². The van der Waals surface area contributed by atoms with E-state index in [-0.39, 0.29) is 0 Å². The van der Waals surface area contributed by atoms with Crippen LogP contribution in [0, 0.1) is 0 Å². The molecule has 0 aliphatic heterocycles. The first-order chi connectivity index (χ1) is 2.64. The van der Waals surface area contributed by atoms with Gasteiger partial charge in [-0.1, -0.05) is 15.9 Å². The molecule has 0 saturated carbocycles. The van der Waals surface area contributed by atoms with Crippen LogP contribution < -0.4 is 0 Å². The van der Waals surface area contributed by atoms with Crippen molar-refractivity contribution in [1.29, 1.82) is 0 Å². The smallest absolute Gasteiger partial charge is 0.0622 e. The van der Waals surface area contributed by atoms with Crippen molar-refractivity contribution >= 4 is 15.9 Å². The van der Waals surface area contributed by atoms with Crippen LogP contribution in [0.5, 0.6) is 0 Å². The summed E-state index contributed by atoms with van der Waals surface area (Å²) in [5.74, 6) is 0. The standard InChI is InChI=1S/C4H10BrN/c1-4(5)6(2)3/h4H,1-3H3. The molecule has 0 bridgehead atoms. The molecule has 1 nitrogen and oxygen atoms in total. The molecule has 38 valence electrons. The Bertz CT molecular complexity index is 28.5. The average molecular weight is 152 g/mol. The molecule has 0 amide bonds. The van der Waals surface area contributed by atoms with Gasteiger partial charge in [-0.15, -0.1) is 0 Å². The lowest BCUT2D eigenvalue weighted by molar-refractivity contribution is 0.409. The van der Waals surface area contributed by atoms with Crippen molar-refractivity contribution in [3.8, 4) is 0 Å². The highest BCUT2D eigenvalue weighted by atomic mass is 79.9. The van der Waals surface area contributed by atoms with Crippen LogP contribution in [0.25, 0.3) is 0 Å². The van der Waals surface area contributed by atoms with E-state index in [2.05, 4.69) is 27.8 Å². The molecule has 0 aliphatic carbocycles. The van der Waals surface area contributed by atoms with Gasteiger partial charge in [-0.3, -0.25) is 4.90 Å². The molecule has 0 radical (unpaired) electrons. The topological polar surface area (TPSA) is 3.24 Å². The van der Waals surface area contributed by atoms with E-state index in [0.717, 1.165) is 0 Å². The second kappa shape index (κ2) is 2.59. The highest BCUT2D eigenvalue weighted by molar-refractivity contribution is 9.09. The summed E-state index contributed by atoms with van der Waals surface area (Å²) in [6.45, 7) is 2.08. The second-order valence-electron chi connectivity index (χ2n) is 1.54. The van der Waals surface area contributed by atoms with Gasteiger partial charge in [0.15, 0.2) is 0 Å². The van der Waals surface area contributed by atoms with E-state index in [9.17, 15) is 0 Å². The second-order valence-corrected chi connectivity index (χ2v) is 2.86. The van der Waals surface area contributed by atoms with Crippen LogP contribution in [0.15, 0.2) is 0 Å². The van der Waals surface area contributed by atoms with Gasteiger partial charge in [-0.05, 0) is 21.0 Å². The Morgan fingerprint density at radius 2 is 1.67 bits per heavy atom. The number of hydrogen-bond donors (Lipinski definition) is 0. The molecule has 0 aromatic rings. The maximum Gasteiger partial charge on any atom is 0.0622 e. The summed E-state index contributed by atoms with van der Waals surface area (Å²) in [5.41, 5.74) is 0. The molecule has 1 unspecified atom stereocenters. The van der Waals surface area contributed by atoms with E-state index >= 15 is 0 Å². The van der Waals surface area contributed by atoms with Crippen LogP contribution in [-0.2, 0) is 0 Å². The Morgan fingerprint density at radius 3 is 1.67 bits per heavy atom. The van der Waals surface area contributed by atoms with E-state index in [4.69, 9.17) is 0 Å². The van der Waals surface area contributed by atoms with Crippen molar-refractivity contribution in [2.45, 2.75) is 11.9 Å². The highest BCUT2D eigenvalue weighted by Crippen LogP contribution is 1.97. The van der Waals surface area contributed by atoms with Gasteiger partial charge >= 0.3 is 0 Å². The average Bonchev–Trinajstić information content (AvgIpc) is 1.36. The van der Waals surface area contributed by atoms with Crippen LogP contribution in [-0.4, -0.2) is 23.9 Å². The zero-order valence-electron chi connectivity index (χ0n) is 4.40. The molecule has 0 heterocycles. The van der Waals surface area contributed by atoms with Crippen LogP contribution >= 0.6 is 15.9 Å². The maximum atomic E-state index is 3.36. The van der Waals surface area contributed by atoms with Crippen molar-refractivity contribution in [2.75, 3.05) is 14.1 Å². The van der Waals surface area contributed by atoms with Crippen molar-refractivity contribution in [1.82, 2.24) is 4.90 Å². The highest BCUT2D eigenvalue weighted by Gasteiger charge is 1.92. The lowest BCUT2D eigenvalue weighted by atomic mass is 10.7. The third-order valence-corrected chi connectivity index (χ3v) is 1.53. The first kappa shape index (κ1) is 6.44. The Hall–Kier alpha value is 0.440. The molecule has 0 fully saturated rings. The molecule has 0 N–H and O–H groups in total. The minimum Gasteiger partial charge on any atom is -0.297 e. The predicted molar refractivity (Wildman–Crippen MR) is 32.1 cm³/mol. The number of alkyl halides is 1. The van der Waals surface area contributed by atoms with Gasteiger partial charge in [-0.2, -0.15) is 0 Å². The Balaban J connectivity index is 2.99. The van der Waals surface area contributed by atoms with Gasteiger partial charge in [-0.25, -0.2) is 0 Å². The van der Waals surface area contributed by atoms with E-state index in [1.807, 2.05) is 14.1 Å². The van der Waals surface area contributed by atoms with Crippen molar-refractivity contribution in [3.63, 3.8) is 0 Å². The van der Waals surface area contributed by atoms with Crippen LogP contribution in [0.2, 0.25) is 0 Å². The van der Waals surface area contributed by atoms with Crippen molar-refractivity contribution in [3.05, 3.63) is 0 Å². The molecule has 2 heteroatoms. The largest absolute Gasteiger partial charge is 0.297 e. The lowest BCUT2D eigenvalue weighted by Crippen LogP contribution is -2.17. The minimum atomic E-state index is 0.498. The first-order valence-corrected chi connectivity index (χ1v) is 2.86. The summed E-state index contributed by atoms with van der Waals surface area (Å²) in [7, 11) is 4.05. The fourth-order valence-corrected chi connectivity index (χ4v) is 0. The Labute approximate surface area is 47.5 Å². The van der Waals surface area contributed by atoms with Crippen LogP contribution in [0.1, 0.15) is 6.92 Å². The van der Waals surface area contributed by atoms with E-state index in [1.165, 1.54) is 0 Å². The molecule has 6 heavy (non-hydrogen) atoms. The molecular weight excluding hydrogens is 142 g/mol. The van der Waals surface area contributed by atoms with Gasteiger partial charge < -0.3 is 0 Å². The lowest BCUT2D eigenvalue weighted by Gasteiger charge is -2.10. The number of halogens is 1. The van der Waals surface area contributed by atoms with Crippen molar-refractivity contribution < 1.29 is 0 Å². The van der Waals surface area contributed by atoms with Gasteiger partial charge in [0, 0.05) is 0 Å². The Kier molecular flexibility index (Phi) is 2.78. The quantitative estimate of drug-likeness (QED) is 0.404. The molecule has 0 aromatic heterocycles. The molecule has 0 aromatic carbocycles. The zero-order chi connectivity index (χ0) is 5.15. The normalized spacial score (nSPS) is 15.5. The number of nitrogens with zero attached hydrogens (tertiary/aromatic N) is 1. The number of hydrogen-bond acceptors (Lipinski definition) is 1. The summed E-state index contributed by atoms with van der Waals surface area (Å²) in [5, 5.41) is 0. The molecule has 1 atom stereocenters. The fraction of sp³-hybridized carbons (Fsp3) is 1.00. The third-order valence-electron chi connectivity index (χ3n) is 0.712. The Morgan fingerprint density at radius 1 is 1.50 bits per heavy atom. The zero-order valence-corrected chi connectivity index (χ0v) is 5.99. The summed E-state index contributed by atoms with van der Waals surface area (Å²) in [6.07, 6.45) is 0. The maximum absolute atomic E-state index is 3.36. The van der Waals surface area contributed by atoms with Crippen LogP contribution in [0.3, 0.4) is 0 Å². The van der Waals surface area contributed by atoms with Crippen molar-refractivity contribution in [2.24, 2.45) is 0 Å². The van der Waals surface area contributed by atoms with Crippen LogP contribution in [0.4, 0.5) is 0 Å². The third kappa shape index (κ3) is 2.67. The first-order valence-electron chi connectivity index (χ1n) is 1.95. The minimum absolute atomic E-state index is 0.498. The summed E-state index contributed by atoms with van der Waals surface area (Å²) in [6, 6.07) is 0. The molecule has 0 aliphatic rings. The SMILES string of the molecule is CC(Br)N(C)C. The summed E-state index contributed by atoms with van der Waals surface area (Å²) >= 11 is 3.36. The summed E-state index contributed by atoms with van der Waals surface area (Å²) < 4.78 is 0. The molecule has 0 saturated heterocycles. The van der Waals surface area contributed by atoms with E-state index in [1.54, 1.807) is 0 Å². The molecular formula is C4H10BrN. The monoisotopic (exact) mass is 151 g/mol. The molecule has 0 rings (SSSR count). The molecule has 0 spiro atoms.